The van der Waals surface area contributed by atoms with Gasteiger partial charge in [-0.3, -0.25) is 4.79 Å². The van der Waals surface area contributed by atoms with Gasteiger partial charge in [-0.2, -0.15) is 4.99 Å². The van der Waals surface area contributed by atoms with Crippen LogP contribution in [0.3, 0.4) is 0 Å². The van der Waals surface area contributed by atoms with Crippen LogP contribution < -0.4 is 14.3 Å². The third-order valence-electron chi connectivity index (χ3n) is 4.67. The van der Waals surface area contributed by atoms with Gasteiger partial charge in [0.15, 0.2) is 4.80 Å². The van der Waals surface area contributed by atoms with Crippen LogP contribution in [0.5, 0.6) is 11.5 Å². The van der Waals surface area contributed by atoms with Gasteiger partial charge in [0.1, 0.15) is 21.7 Å². The van der Waals surface area contributed by atoms with E-state index in [9.17, 15) is 4.79 Å². The minimum atomic E-state index is -0.189. The molecule has 0 aliphatic rings. The normalized spacial score (nSPS) is 11.8. The standard InChI is InChI=1S/C23H28N2O4S2/c1-5-29-14-13-25-21-18(27-3)11-12-19(28-4)22(21)31-23(25)24-20(26)15-16-7-9-17(10-8-16)30-6-2/h7-12H,5-6,13-15H2,1-4H3. The average Bonchev–Trinajstić information content (AvgIpc) is 3.13. The number of aromatic nitrogens is 1. The van der Waals surface area contributed by atoms with Crippen molar-refractivity contribution in [3.05, 3.63) is 46.8 Å². The third-order valence-corrected chi connectivity index (χ3v) is 6.65. The summed E-state index contributed by atoms with van der Waals surface area (Å²) in [5.74, 6) is 2.27. The van der Waals surface area contributed by atoms with Gasteiger partial charge >= 0.3 is 0 Å². The largest absolute Gasteiger partial charge is 0.495 e. The molecule has 0 saturated carbocycles. The van der Waals surface area contributed by atoms with Crippen molar-refractivity contribution >= 4 is 39.2 Å². The zero-order valence-corrected chi connectivity index (χ0v) is 20.0. The molecule has 0 unspecified atom stereocenters. The summed E-state index contributed by atoms with van der Waals surface area (Å²) in [5.41, 5.74) is 1.81. The lowest BCUT2D eigenvalue weighted by atomic mass is 10.1. The Bertz CT molecular complexity index is 1090. The van der Waals surface area contributed by atoms with Crippen molar-refractivity contribution in [2.45, 2.75) is 31.7 Å². The molecule has 6 nitrogen and oxygen atoms in total. The molecule has 2 aromatic carbocycles. The number of carbonyl (C=O) groups is 1. The number of nitrogens with zero attached hydrogens (tertiary/aromatic N) is 2. The Morgan fingerprint density at radius 3 is 2.42 bits per heavy atom. The maximum absolute atomic E-state index is 12.8. The summed E-state index contributed by atoms with van der Waals surface area (Å²) in [7, 11) is 3.27. The van der Waals surface area contributed by atoms with Crippen molar-refractivity contribution in [2.24, 2.45) is 4.99 Å². The van der Waals surface area contributed by atoms with Crippen molar-refractivity contribution in [1.82, 2.24) is 4.57 Å². The second-order valence-electron chi connectivity index (χ2n) is 6.64. The highest BCUT2D eigenvalue weighted by molar-refractivity contribution is 7.99. The van der Waals surface area contributed by atoms with E-state index in [2.05, 4.69) is 11.9 Å². The SMILES string of the molecule is CCOCCn1c(=NC(=O)Cc2ccc(SCC)cc2)sc2c(OC)ccc(OC)c21. The second-order valence-corrected chi connectivity index (χ2v) is 8.96. The molecule has 1 heterocycles. The first kappa shape index (κ1) is 23.4. The van der Waals surface area contributed by atoms with E-state index in [1.54, 1.807) is 26.0 Å². The van der Waals surface area contributed by atoms with Gasteiger partial charge in [0.05, 0.1) is 27.2 Å². The van der Waals surface area contributed by atoms with Crippen LogP contribution >= 0.6 is 23.1 Å². The molecular formula is C23H28N2O4S2. The molecule has 0 aliphatic heterocycles. The molecule has 0 fully saturated rings. The number of thioether (sulfide) groups is 1. The molecule has 166 valence electrons. The minimum Gasteiger partial charge on any atom is -0.495 e. The summed E-state index contributed by atoms with van der Waals surface area (Å²) in [4.78, 5) is 19.1. The molecule has 3 rings (SSSR count). The predicted molar refractivity (Wildman–Crippen MR) is 127 cm³/mol. The summed E-state index contributed by atoms with van der Waals surface area (Å²) >= 11 is 3.20. The van der Waals surface area contributed by atoms with E-state index < -0.39 is 0 Å². The molecule has 0 spiro atoms. The topological polar surface area (TPSA) is 62.1 Å². The maximum Gasteiger partial charge on any atom is 0.252 e. The molecule has 0 bridgehead atoms. The molecular weight excluding hydrogens is 432 g/mol. The molecule has 0 aliphatic carbocycles. The van der Waals surface area contributed by atoms with Gasteiger partial charge < -0.3 is 18.8 Å². The zero-order valence-electron chi connectivity index (χ0n) is 18.3. The summed E-state index contributed by atoms with van der Waals surface area (Å²) in [5, 5.41) is 0. The highest BCUT2D eigenvalue weighted by Crippen LogP contribution is 2.35. The lowest BCUT2D eigenvalue weighted by molar-refractivity contribution is -0.117. The number of benzene rings is 2. The summed E-state index contributed by atoms with van der Waals surface area (Å²) in [6, 6.07) is 11.8. The number of fused-ring (bicyclic) bond motifs is 1. The fraction of sp³-hybridized carbons (Fsp3) is 0.391. The first-order valence-electron chi connectivity index (χ1n) is 10.2. The predicted octanol–water partition coefficient (Wildman–Crippen LogP) is 4.54. The van der Waals surface area contributed by atoms with Crippen molar-refractivity contribution in [2.75, 3.05) is 33.2 Å². The Kier molecular flexibility index (Phi) is 8.57. The number of hydrogen-bond donors (Lipinski definition) is 0. The maximum atomic E-state index is 12.8. The van der Waals surface area contributed by atoms with E-state index in [-0.39, 0.29) is 12.3 Å². The minimum absolute atomic E-state index is 0.189. The van der Waals surface area contributed by atoms with Crippen LogP contribution in [0, 0.1) is 0 Å². The number of rotatable bonds is 10. The molecule has 31 heavy (non-hydrogen) atoms. The van der Waals surface area contributed by atoms with Crippen LogP contribution in [0.4, 0.5) is 0 Å². The molecule has 1 aromatic heterocycles. The van der Waals surface area contributed by atoms with Crippen molar-refractivity contribution in [3.63, 3.8) is 0 Å². The molecule has 8 heteroatoms. The number of amides is 1. The molecule has 3 aromatic rings. The van der Waals surface area contributed by atoms with Gasteiger partial charge in [0.25, 0.3) is 5.91 Å². The number of methoxy groups -OCH3 is 2. The Labute approximate surface area is 190 Å². The van der Waals surface area contributed by atoms with Crippen molar-refractivity contribution in [1.29, 1.82) is 0 Å². The smallest absolute Gasteiger partial charge is 0.252 e. The highest BCUT2D eigenvalue weighted by atomic mass is 32.2. The van der Waals surface area contributed by atoms with Crippen LogP contribution in [0.2, 0.25) is 0 Å². The van der Waals surface area contributed by atoms with Crippen molar-refractivity contribution in [3.8, 4) is 11.5 Å². The lowest BCUT2D eigenvalue weighted by Crippen LogP contribution is -2.20. The van der Waals surface area contributed by atoms with E-state index >= 15 is 0 Å². The molecule has 0 N–H and O–H groups in total. The number of ether oxygens (including phenoxy) is 3. The third kappa shape index (κ3) is 5.70. The number of carbonyl (C=O) groups excluding carboxylic acids is 1. The van der Waals surface area contributed by atoms with E-state index in [1.165, 1.54) is 16.2 Å². The van der Waals surface area contributed by atoms with E-state index in [4.69, 9.17) is 14.2 Å². The fourth-order valence-electron chi connectivity index (χ4n) is 3.24. The monoisotopic (exact) mass is 460 g/mol. The van der Waals surface area contributed by atoms with Crippen LogP contribution in [0.25, 0.3) is 10.2 Å². The summed E-state index contributed by atoms with van der Waals surface area (Å²) in [6.45, 7) is 5.78. The Morgan fingerprint density at radius 2 is 1.77 bits per heavy atom. The Balaban J connectivity index is 1.99. The molecule has 0 saturated heterocycles. The number of thiazole rings is 1. The fourth-order valence-corrected chi connectivity index (χ4v) is 5.08. The van der Waals surface area contributed by atoms with Crippen LogP contribution in [-0.2, 0) is 22.5 Å². The van der Waals surface area contributed by atoms with Gasteiger partial charge in [0.2, 0.25) is 0 Å². The lowest BCUT2D eigenvalue weighted by Gasteiger charge is -2.10. The Morgan fingerprint density at radius 1 is 1.06 bits per heavy atom. The van der Waals surface area contributed by atoms with Crippen LogP contribution in [-0.4, -0.2) is 43.7 Å². The van der Waals surface area contributed by atoms with Crippen LogP contribution in [0.1, 0.15) is 19.4 Å². The van der Waals surface area contributed by atoms with Crippen molar-refractivity contribution < 1.29 is 19.0 Å². The summed E-state index contributed by atoms with van der Waals surface area (Å²) in [6.07, 6.45) is 0.255. The molecule has 0 atom stereocenters. The quantitative estimate of drug-likeness (QED) is 0.328. The second kappa shape index (κ2) is 11.4. The summed E-state index contributed by atoms with van der Waals surface area (Å²) < 4.78 is 19.5. The van der Waals surface area contributed by atoms with Gasteiger partial charge in [0, 0.05) is 18.0 Å². The number of hydrogen-bond acceptors (Lipinski definition) is 6. The Hall–Kier alpha value is -2.29. The first-order valence-corrected chi connectivity index (χ1v) is 12.0. The van der Waals surface area contributed by atoms with Crippen LogP contribution in [0.15, 0.2) is 46.3 Å². The molecule has 1 amide bonds. The van der Waals surface area contributed by atoms with E-state index in [1.807, 2.05) is 47.9 Å². The van der Waals surface area contributed by atoms with E-state index in [0.717, 1.165) is 27.3 Å². The van der Waals surface area contributed by atoms with Gasteiger partial charge in [-0.05, 0) is 42.5 Å². The molecule has 0 radical (unpaired) electrons. The first-order chi connectivity index (χ1) is 15.1. The average molecular weight is 461 g/mol. The highest BCUT2D eigenvalue weighted by Gasteiger charge is 2.16. The zero-order chi connectivity index (χ0) is 22.2. The van der Waals surface area contributed by atoms with Gasteiger partial charge in [-0.1, -0.05) is 30.4 Å². The van der Waals surface area contributed by atoms with E-state index in [0.29, 0.717) is 30.3 Å². The van der Waals surface area contributed by atoms with Gasteiger partial charge in [-0.25, -0.2) is 0 Å². The van der Waals surface area contributed by atoms with Gasteiger partial charge in [-0.15, -0.1) is 11.8 Å².